The minimum absolute atomic E-state index is 0.0936. The zero-order valence-corrected chi connectivity index (χ0v) is 11.9. The minimum Gasteiger partial charge on any atom is -0.345 e. The number of hydrogen-bond acceptors (Lipinski definition) is 2. The van der Waals surface area contributed by atoms with E-state index in [0.29, 0.717) is 13.0 Å². The summed E-state index contributed by atoms with van der Waals surface area (Å²) in [5.41, 5.74) is -1.21. The second kappa shape index (κ2) is 5.98. The number of rotatable bonds is 2. The molecule has 1 fully saturated rings. The van der Waals surface area contributed by atoms with E-state index >= 15 is 0 Å². The summed E-state index contributed by atoms with van der Waals surface area (Å²) < 4.78 is 64.5. The van der Waals surface area contributed by atoms with Crippen molar-refractivity contribution in [2.24, 2.45) is 5.41 Å². The van der Waals surface area contributed by atoms with Crippen LogP contribution in [0, 0.1) is 5.41 Å². The monoisotopic (exact) mass is 324 g/mol. The normalized spacial score (nSPS) is 35.9. The lowest BCUT2D eigenvalue weighted by atomic mass is 9.72. The lowest BCUT2D eigenvalue weighted by Gasteiger charge is -2.43. The third-order valence-corrected chi connectivity index (χ3v) is 4.21. The highest BCUT2D eigenvalue weighted by atomic mass is 19.4. The molecule has 2 aliphatic rings. The Morgan fingerprint density at radius 2 is 2.14 bits per heavy atom. The van der Waals surface area contributed by atoms with Crippen LogP contribution < -0.4 is 10.6 Å². The van der Waals surface area contributed by atoms with Gasteiger partial charge in [-0.1, -0.05) is 6.92 Å². The highest BCUT2D eigenvalue weighted by Crippen LogP contribution is 2.39. The summed E-state index contributed by atoms with van der Waals surface area (Å²) in [6.45, 7) is 1.82. The molecule has 0 aromatic carbocycles. The second-order valence-electron chi connectivity index (χ2n) is 5.86. The van der Waals surface area contributed by atoms with Crippen LogP contribution in [-0.2, 0) is 4.79 Å². The largest absolute Gasteiger partial charge is 0.471 e. The number of alkyl halides is 4. The van der Waals surface area contributed by atoms with Gasteiger partial charge in [0.05, 0.1) is 0 Å². The predicted octanol–water partition coefficient (Wildman–Crippen LogP) is 2.55. The van der Waals surface area contributed by atoms with Crippen LogP contribution in [0.2, 0.25) is 0 Å². The molecule has 0 aromatic heterocycles. The number of hydrogen-bond donors (Lipinski definition) is 2. The molecule has 0 saturated carbocycles. The van der Waals surface area contributed by atoms with Crippen molar-refractivity contribution in [3.63, 3.8) is 0 Å². The molecule has 1 aliphatic heterocycles. The Bertz CT molecular complexity index is 502. The second-order valence-corrected chi connectivity index (χ2v) is 5.86. The number of nitrogens with one attached hydrogen (secondary N) is 2. The Balaban J connectivity index is 2.08. The third kappa shape index (κ3) is 3.48. The van der Waals surface area contributed by atoms with Gasteiger partial charge in [-0.15, -0.1) is 0 Å². The molecule has 2 rings (SSSR count). The SMILES string of the molecule is CC1([C@@H]2C[C@H](NC(=O)C(F)(F)F)CCN2)C=C(F)C=CC1F. The first-order chi connectivity index (χ1) is 10.1. The highest BCUT2D eigenvalue weighted by molar-refractivity contribution is 5.81. The molecular formula is C14H17F5N2O. The molecule has 8 heteroatoms. The third-order valence-electron chi connectivity index (χ3n) is 4.21. The highest BCUT2D eigenvalue weighted by Gasteiger charge is 2.45. The number of allylic oxidation sites excluding steroid dienone is 3. The van der Waals surface area contributed by atoms with E-state index < -0.39 is 41.6 Å². The van der Waals surface area contributed by atoms with Gasteiger partial charge in [0.1, 0.15) is 12.0 Å². The Labute approximate surface area is 124 Å². The van der Waals surface area contributed by atoms with E-state index in [1.807, 2.05) is 5.32 Å². The van der Waals surface area contributed by atoms with Crippen LogP contribution >= 0.6 is 0 Å². The first kappa shape index (κ1) is 16.9. The molecule has 1 aliphatic carbocycles. The molecule has 3 nitrogen and oxygen atoms in total. The molecule has 22 heavy (non-hydrogen) atoms. The van der Waals surface area contributed by atoms with E-state index in [9.17, 15) is 26.7 Å². The maximum absolute atomic E-state index is 14.2. The lowest BCUT2D eigenvalue weighted by molar-refractivity contribution is -0.174. The fourth-order valence-corrected chi connectivity index (χ4v) is 2.89. The van der Waals surface area contributed by atoms with Crippen LogP contribution in [0.15, 0.2) is 24.1 Å². The minimum atomic E-state index is -4.95. The van der Waals surface area contributed by atoms with Crippen LogP contribution in [0.4, 0.5) is 22.0 Å². The van der Waals surface area contributed by atoms with Gasteiger partial charge in [0.15, 0.2) is 0 Å². The molecule has 0 spiro atoms. The Hall–Kier alpha value is -1.44. The number of carbonyl (C=O) groups excluding carboxylic acids is 1. The molecular weight excluding hydrogens is 307 g/mol. The maximum Gasteiger partial charge on any atom is 0.471 e. The average molecular weight is 324 g/mol. The number of carbonyl (C=O) groups is 1. The van der Waals surface area contributed by atoms with E-state index in [0.717, 1.165) is 18.2 Å². The molecule has 1 amide bonds. The smallest absolute Gasteiger partial charge is 0.345 e. The summed E-state index contributed by atoms with van der Waals surface area (Å²) in [4.78, 5) is 11.0. The van der Waals surface area contributed by atoms with Crippen molar-refractivity contribution >= 4 is 5.91 Å². The fraction of sp³-hybridized carbons (Fsp3) is 0.643. The lowest BCUT2D eigenvalue weighted by Crippen LogP contribution is -2.57. The summed E-state index contributed by atoms with van der Waals surface area (Å²) >= 11 is 0. The van der Waals surface area contributed by atoms with Crippen molar-refractivity contribution in [2.75, 3.05) is 6.54 Å². The van der Waals surface area contributed by atoms with E-state index in [1.165, 1.54) is 6.92 Å². The van der Waals surface area contributed by atoms with E-state index in [-0.39, 0.29) is 6.42 Å². The van der Waals surface area contributed by atoms with Crippen molar-refractivity contribution in [3.05, 3.63) is 24.1 Å². The van der Waals surface area contributed by atoms with Gasteiger partial charge < -0.3 is 10.6 Å². The summed E-state index contributed by atoms with van der Waals surface area (Å²) in [5.74, 6) is -2.59. The van der Waals surface area contributed by atoms with Crippen molar-refractivity contribution < 1.29 is 26.7 Å². The Morgan fingerprint density at radius 3 is 2.77 bits per heavy atom. The molecule has 0 radical (unpaired) electrons. The number of amides is 1. The molecule has 0 bridgehead atoms. The van der Waals surface area contributed by atoms with Crippen molar-refractivity contribution in [3.8, 4) is 0 Å². The topological polar surface area (TPSA) is 41.1 Å². The molecule has 1 heterocycles. The van der Waals surface area contributed by atoms with Crippen LogP contribution in [0.3, 0.4) is 0 Å². The van der Waals surface area contributed by atoms with Gasteiger partial charge in [-0.25, -0.2) is 8.78 Å². The predicted molar refractivity (Wildman–Crippen MR) is 70.3 cm³/mol. The molecule has 124 valence electrons. The standard InChI is InChI=1S/C14H17F5N2O/c1-13(7-8(15)2-3-10(13)16)11-6-9(4-5-20-11)21-12(22)14(17,18)19/h2-3,7,9-11,20H,4-6H2,1H3,(H,21,22)/t9-,10?,11+,13?/m1/s1. The van der Waals surface area contributed by atoms with E-state index in [2.05, 4.69) is 5.32 Å². The molecule has 4 atom stereocenters. The maximum atomic E-state index is 14.2. The summed E-state index contributed by atoms with van der Waals surface area (Å²) in [6.07, 6.45) is -2.76. The van der Waals surface area contributed by atoms with E-state index in [1.54, 1.807) is 0 Å². The van der Waals surface area contributed by atoms with Crippen LogP contribution in [0.1, 0.15) is 19.8 Å². The van der Waals surface area contributed by atoms with Gasteiger partial charge in [-0.3, -0.25) is 4.79 Å². The van der Waals surface area contributed by atoms with Crippen molar-refractivity contribution in [1.29, 1.82) is 0 Å². The molecule has 1 saturated heterocycles. The zero-order chi connectivity index (χ0) is 16.5. The van der Waals surface area contributed by atoms with Crippen LogP contribution in [0.25, 0.3) is 0 Å². The molecule has 0 aromatic rings. The number of halogens is 5. The summed E-state index contributed by atoms with van der Waals surface area (Å²) in [5, 5.41) is 4.92. The Kier molecular flexibility index (Phi) is 4.60. The first-order valence-electron chi connectivity index (χ1n) is 6.94. The van der Waals surface area contributed by atoms with Crippen LogP contribution in [-0.4, -0.2) is 36.9 Å². The molecule has 2 N–H and O–H groups in total. The van der Waals surface area contributed by atoms with Gasteiger partial charge in [0, 0.05) is 17.5 Å². The quantitative estimate of drug-likeness (QED) is 0.767. The van der Waals surface area contributed by atoms with Gasteiger partial charge in [-0.05, 0) is 37.6 Å². The van der Waals surface area contributed by atoms with Gasteiger partial charge >= 0.3 is 12.1 Å². The van der Waals surface area contributed by atoms with Crippen LogP contribution in [0.5, 0.6) is 0 Å². The van der Waals surface area contributed by atoms with Gasteiger partial charge in [0.25, 0.3) is 0 Å². The van der Waals surface area contributed by atoms with E-state index in [4.69, 9.17) is 0 Å². The van der Waals surface area contributed by atoms with Gasteiger partial charge in [0.2, 0.25) is 0 Å². The zero-order valence-electron chi connectivity index (χ0n) is 11.9. The van der Waals surface area contributed by atoms with Gasteiger partial charge in [-0.2, -0.15) is 13.2 Å². The fourth-order valence-electron chi connectivity index (χ4n) is 2.89. The van der Waals surface area contributed by atoms with Crippen molar-refractivity contribution in [1.82, 2.24) is 10.6 Å². The average Bonchev–Trinajstić information content (AvgIpc) is 2.42. The molecule has 2 unspecified atom stereocenters. The summed E-state index contributed by atoms with van der Waals surface area (Å²) in [6, 6.07) is -1.31. The Morgan fingerprint density at radius 1 is 1.45 bits per heavy atom. The number of piperidine rings is 1. The first-order valence-corrected chi connectivity index (χ1v) is 6.94. The van der Waals surface area contributed by atoms with Crippen molar-refractivity contribution in [2.45, 2.75) is 44.2 Å². The summed E-state index contributed by atoms with van der Waals surface area (Å²) in [7, 11) is 0.